The third-order valence-corrected chi connectivity index (χ3v) is 8.08. The lowest BCUT2D eigenvalue weighted by atomic mass is 9.47. The van der Waals surface area contributed by atoms with Gasteiger partial charge in [-0.15, -0.1) is 0 Å². The van der Waals surface area contributed by atoms with Crippen LogP contribution in [0.15, 0.2) is 11.6 Å². The lowest BCUT2D eigenvalue weighted by Gasteiger charge is -2.58. The maximum Gasteiger partial charge on any atom is 0.0855 e. The molecule has 0 aromatic carbocycles. The average molecular weight is 322 g/mol. The van der Waals surface area contributed by atoms with E-state index in [1.807, 2.05) is 6.08 Å². The van der Waals surface area contributed by atoms with Crippen molar-refractivity contribution in [3.63, 3.8) is 0 Å². The largest absolute Gasteiger partial charge is 0.393 e. The third kappa shape index (κ3) is 2.05. The Hall–Kier alpha value is -0.420. The van der Waals surface area contributed by atoms with Crippen LogP contribution in [0.2, 0.25) is 0 Å². The average Bonchev–Trinajstić information content (AvgIpc) is 2.73. The van der Waals surface area contributed by atoms with E-state index in [0.29, 0.717) is 18.8 Å². The molecule has 0 aromatic heterocycles. The second-order valence-electron chi connectivity index (χ2n) is 9.08. The fourth-order valence-electron chi connectivity index (χ4n) is 6.62. The Morgan fingerprint density at radius 1 is 1.00 bits per heavy atom. The van der Waals surface area contributed by atoms with Crippen molar-refractivity contribution in [1.29, 1.82) is 0 Å². The molecule has 0 saturated heterocycles. The van der Waals surface area contributed by atoms with Gasteiger partial charge < -0.3 is 20.4 Å². The van der Waals surface area contributed by atoms with Crippen molar-refractivity contribution in [2.24, 2.45) is 28.6 Å². The van der Waals surface area contributed by atoms with Gasteiger partial charge in [0.2, 0.25) is 0 Å². The molecule has 0 aromatic rings. The maximum atomic E-state index is 10.9. The van der Waals surface area contributed by atoms with E-state index in [-0.39, 0.29) is 28.8 Å². The van der Waals surface area contributed by atoms with Gasteiger partial charge in [-0.05, 0) is 67.1 Å². The van der Waals surface area contributed by atoms with Gasteiger partial charge in [0, 0.05) is 0 Å². The first-order valence-corrected chi connectivity index (χ1v) is 9.21. The zero-order valence-electron chi connectivity index (χ0n) is 14.2. The number of aliphatic hydroxyl groups excluding tert-OH is 4. The Labute approximate surface area is 138 Å². The Morgan fingerprint density at radius 3 is 2.48 bits per heavy atom. The van der Waals surface area contributed by atoms with Crippen molar-refractivity contribution >= 4 is 0 Å². The van der Waals surface area contributed by atoms with E-state index in [9.17, 15) is 20.4 Å². The van der Waals surface area contributed by atoms with Crippen LogP contribution in [0.4, 0.5) is 0 Å². The zero-order chi connectivity index (χ0) is 16.6. The summed E-state index contributed by atoms with van der Waals surface area (Å²) in [6.45, 7) is 4.40. The highest BCUT2D eigenvalue weighted by molar-refractivity contribution is 5.28. The van der Waals surface area contributed by atoms with Crippen LogP contribution in [0.5, 0.6) is 0 Å². The minimum atomic E-state index is -0.674. The molecule has 0 amide bonds. The summed E-state index contributed by atoms with van der Waals surface area (Å²) in [6.07, 6.45) is 4.85. The van der Waals surface area contributed by atoms with E-state index in [1.54, 1.807) is 0 Å². The van der Waals surface area contributed by atoms with E-state index in [1.165, 1.54) is 5.57 Å². The second-order valence-corrected chi connectivity index (χ2v) is 9.08. The lowest BCUT2D eigenvalue weighted by Crippen LogP contribution is -2.55. The maximum absolute atomic E-state index is 10.9. The number of fused-ring (bicyclic) bond motifs is 5. The SMILES string of the molecule is CC12CCC(O)CC1=CC(O)C1C2CCC2(C)C(O)C(O)CC12. The molecule has 3 fully saturated rings. The third-order valence-electron chi connectivity index (χ3n) is 8.08. The van der Waals surface area contributed by atoms with Gasteiger partial charge in [-0.25, -0.2) is 0 Å². The Kier molecular flexibility index (Phi) is 3.52. The molecule has 4 heteroatoms. The molecular weight excluding hydrogens is 292 g/mol. The van der Waals surface area contributed by atoms with E-state index in [2.05, 4.69) is 13.8 Å². The summed E-state index contributed by atoms with van der Waals surface area (Å²) < 4.78 is 0. The van der Waals surface area contributed by atoms with Gasteiger partial charge in [-0.1, -0.05) is 25.5 Å². The molecule has 9 atom stereocenters. The van der Waals surface area contributed by atoms with Crippen LogP contribution in [0.25, 0.3) is 0 Å². The molecule has 4 N–H and O–H groups in total. The van der Waals surface area contributed by atoms with Crippen LogP contribution >= 0.6 is 0 Å². The normalized spacial score (nSPS) is 58.9. The molecule has 9 unspecified atom stereocenters. The van der Waals surface area contributed by atoms with Crippen LogP contribution < -0.4 is 0 Å². The molecule has 3 saturated carbocycles. The summed E-state index contributed by atoms with van der Waals surface area (Å²) in [5.41, 5.74) is 1.01. The van der Waals surface area contributed by atoms with Crippen molar-refractivity contribution in [3.8, 4) is 0 Å². The van der Waals surface area contributed by atoms with Gasteiger partial charge in [-0.3, -0.25) is 0 Å². The predicted molar refractivity (Wildman–Crippen MR) is 86.5 cm³/mol. The highest BCUT2D eigenvalue weighted by Crippen LogP contribution is 2.64. The summed E-state index contributed by atoms with van der Waals surface area (Å²) in [5.74, 6) is 0.674. The molecule has 4 nitrogen and oxygen atoms in total. The number of aliphatic hydroxyl groups is 4. The summed E-state index contributed by atoms with van der Waals surface area (Å²) in [4.78, 5) is 0. The summed E-state index contributed by atoms with van der Waals surface area (Å²) in [6, 6.07) is 0. The minimum Gasteiger partial charge on any atom is -0.393 e. The molecule has 4 rings (SSSR count). The molecule has 0 radical (unpaired) electrons. The first kappa shape index (κ1) is 16.1. The van der Waals surface area contributed by atoms with Gasteiger partial charge in [0.05, 0.1) is 24.4 Å². The van der Waals surface area contributed by atoms with Gasteiger partial charge in [0.25, 0.3) is 0 Å². The fraction of sp³-hybridized carbons (Fsp3) is 0.895. The van der Waals surface area contributed by atoms with Crippen molar-refractivity contribution in [2.45, 2.75) is 76.8 Å². The van der Waals surface area contributed by atoms with Crippen LogP contribution in [0, 0.1) is 28.6 Å². The van der Waals surface area contributed by atoms with Gasteiger partial charge >= 0.3 is 0 Å². The Bertz CT molecular complexity index is 531. The monoisotopic (exact) mass is 322 g/mol. The van der Waals surface area contributed by atoms with E-state index >= 15 is 0 Å². The summed E-state index contributed by atoms with van der Waals surface area (Å²) in [7, 11) is 0. The molecule has 130 valence electrons. The van der Waals surface area contributed by atoms with E-state index < -0.39 is 18.3 Å². The molecule has 0 heterocycles. The highest BCUT2D eigenvalue weighted by Gasteiger charge is 2.62. The van der Waals surface area contributed by atoms with Crippen molar-refractivity contribution in [3.05, 3.63) is 11.6 Å². The predicted octanol–water partition coefficient (Wildman–Crippen LogP) is 1.61. The Morgan fingerprint density at radius 2 is 1.74 bits per heavy atom. The van der Waals surface area contributed by atoms with Crippen molar-refractivity contribution in [1.82, 2.24) is 0 Å². The number of rotatable bonds is 0. The highest BCUT2D eigenvalue weighted by atomic mass is 16.3. The molecule has 4 aliphatic rings. The van der Waals surface area contributed by atoms with Crippen LogP contribution in [-0.4, -0.2) is 44.8 Å². The molecule has 23 heavy (non-hydrogen) atoms. The lowest BCUT2D eigenvalue weighted by molar-refractivity contribution is -0.110. The molecule has 4 aliphatic carbocycles. The standard InChI is InChI=1S/C19H30O4/c1-18-5-3-11(20)7-10(18)8-14(21)16-12(18)4-6-19(2)13(16)9-15(22)17(19)23/h8,11-17,20-23H,3-7,9H2,1-2H3. The van der Waals surface area contributed by atoms with Crippen LogP contribution in [0.3, 0.4) is 0 Å². The minimum absolute atomic E-state index is 0.0585. The number of hydrogen-bond donors (Lipinski definition) is 4. The van der Waals surface area contributed by atoms with Crippen LogP contribution in [-0.2, 0) is 0 Å². The molecule has 0 bridgehead atoms. The molecule has 0 aliphatic heterocycles. The van der Waals surface area contributed by atoms with E-state index in [0.717, 1.165) is 25.7 Å². The van der Waals surface area contributed by atoms with E-state index in [4.69, 9.17) is 0 Å². The first-order chi connectivity index (χ1) is 10.8. The Balaban J connectivity index is 1.73. The van der Waals surface area contributed by atoms with Crippen molar-refractivity contribution < 1.29 is 20.4 Å². The molecule has 0 spiro atoms. The van der Waals surface area contributed by atoms with Crippen molar-refractivity contribution in [2.75, 3.05) is 0 Å². The van der Waals surface area contributed by atoms with Gasteiger partial charge in [0.15, 0.2) is 0 Å². The topological polar surface area (TPSA) is 80.9 Å². The quantitative estimate of drug-likeness (QED) is 0.511. The van der Waals surface area contributed by atoms with Crippen LogP contribution in [0.1, 0.15) is 52.4 Å². The fourth-order valence-corrected chi connectivity index (χ4v) is 6.62. The summed E-state index contributed by atoms with van der Waals surface area (Å²) >= 11 is 0. The zero-order valence-corrected chi connectivity index (χ0v) is 14.2. The smallest absolute Gasteiger partial charge is 0.0855 e. The molecular formula is C19H30O4. The second kappa shape index (κ2) is 5.04. The van der Waals surface area contributed by atoms with Gasteiger partial charge in [0.1, 0.15) is 0 Å². The number of hydrogen-bond acceptors (Lipinski definition) is 4. The first-order valence-electron chi connectivity index (χ1n) is 9.21. The summed E-state index contributed by atoms with van der Waals surface area (Å²) in [5, 5.41) is 41.6. The van der Waals surface area contributed by atoms with Gasteiger partial charge in [-0.2, -0.15) is 0 Å².